The molecule has 0 saturated carbocycles. The van der Waals surface area contributed by atoms with E-state index in [2.05, 4.69) is 34.1 Å². The Morgan fingerprint density at radius 1 is 1.15 bits per heavy atom. The maximum absolute atomic E-state index is 12.1. The van der Waals surface area contributed by atoms with Gasteiger partial charge in [0.2, 0.25) is 0 Å². The fourth-order valence-electron chi connectivity index (χ4n) is 1.77. The van der Waals surface area contributed by atoms with Crippen LogP contribution in [0.3, 0.4) is 0 Å². The van der Waals surface area contributed by atoms with E-state index in [1.165, 1.54) is 4.31 Å². The number of amides is 2. The van der Waals surface area contributed by atoms with Crippen LogP contribution >= 0.6 is 28.7 Å². The molecular formula is C15H15BrN2OS. The molecule has 0 heterocycles. The third kappa shape index (κ3) is 3.77. The summed E-state index contributed by atoms with van der Waals surface area (Å²) >= 11 is 7.62. The minimum absolute atomic E-state index is 0.0889. The maximum atomic E-state index is 12.1. The Labute approximate surface area is 132 Å². The molecule has 0 fully saturated rings. The summed E-state index contributed by atoms with van der Waals surface area (Å²) in [4.78, 5) is 12.1. The average Bonchev–Trinajstić information content (AvgIpc) is 2.48. The van der Waals surface area contributed by atoms with Crippen molar-refractivity contribution in [1.82, 2.24) is 5.32 Å². The molecule has 1 atom stereocenters. The lowest BCUT2D eigenvalue weighted by Crippen LogP contribution is -2.35. The molecule has 0 spiro atoms. The monoisotopic (exact) mass is 350 g/mol. The van der Waals surface area contributed by atoms with Gasteiger partial charge in [-0.15, -0.1) is 0 Å². The van der Waals surface area contributed by atoms with Gasteiger partial charge in [-0.05, 0) is 36.8 Å². The van der Waals surface area contributed by atoms with Crippen LogP contribution in [0.1, 0.15) is 18.5 Å². The van der Waals surface area contributed by atoms with Crippen LogP contribution in [0.4, 0.5) is 10.5 Å². The highest BCUT2D eigenvalue weighted by Crippen LogP contribution is 2.19. The van der Waals surface area contributed by atoms with Gasteiger partial charge in [0, 0.05) is 4.47 Å². The molecule has 104 valence electrons. The topological polar surface area (TPSA) is 32.3 Å². The van der Waals surface area contributed by atoms with Gasteiger partial charge in [0.05, 0.1) is 11.7 Å². The number of nitrogens with one attached hydrogen (secondary N) is 1. The summed E-state index contributed by atoms with van der Waals surface area (Å²) in [5.41, 5.74) is 1.77. The predicted octanol–water partition coefficient (Wildman–Crippen LogP) is 4.57. The first-order valence-corrected chi connectivity index (χ1v) is 7.37. The Kier molecular flexibility index (Phi) is 5.09. The fourth-order valence-corrected chi connectivity index (χ4v) is 2.22. The Morgan fingerprint density at radius 2 is 1.75 bits per heavy atom. The Morgan fingerprint density at radius 3 is 2.35 bits per heavy atom. The molecule has 0 bridgehead atoms. The number of carbonyl (C=O) groups excluding carboxylic acids is 1. The Bertz CT molecular complexity index is 574. The van der Waals surface area contributed by atoms with Crippen LogP contribution in [-0.2, 0) is 0 Å². The van der Waals surface area contributed by atoms with Crippen molar-refractivity contribution >= 4 is 40.5 Å². The lowest BCUT2D eigenvalue weighted by Gasteiger charge is -2.20. The number of benzene rings is 2. The minimum atomic E-state index is -0.255. The molecular weight excluding hydrogens is 336 g/mol. The SMILES string of the molecule is CC(NC(=O)N(S)c1ccccc1)c1ccc(Br)cc1. The molecule has 2 aromatic rings. The number of nitrogens with zero attached hydrogens (tertiary/aromatic N) is 1. The fraction of sp³-hybridized carbons (Fsp3) is 0.133. The summed E-state index contributed by atoms with van der Waals surface area (Å²) in [6.45, 7) is 1.94. The average molecular weight is 351 g/mol. The van der Waals surface area contributed by atoms with Crippen molar-refractivity contribution in [1.29, 1.82) is 0 Å². The summed E-state index contributed by atoms with van der Waals surface area (Å²) in [6, 6.07) is 16.8. The third-order valence-corrected chi connectivity index (χ3v) is 3.84. The van der Waals surface area contributed by atoms with Gasteiger partial charge in [0.25, 0.3) is 0 Å². The minimum Gasteiger partial charge on any atom is -0.330 e. The summed E-state index contributed by atoms with van der Waals surface area (Å²) in [5, 5.41) is 2.91. The van der Waals surface area contributed by atoms with E-state index in [9.17, 15) is 4.79 Å². The number of halogens is 1. The zero-order valence-electron chi connectivity index (χ0n) is 11.0. The van der Waals surface area contributed by atoms with Crippen molar-refractivity contribution in [3.8, 4) is 0 Å². The molecule has 5 heteroatoms. The van der Waals surface area contributed by atoms with E-state index >= 15 is 0 Å². The molecule has 2 amide bonds. The van der Waals surface area contributed by atoms with Gasteiger partial charge in [0.15, 0.2) is 0 Å². The largest absolute Gasteiger partial charge is 0.332 e. The number of rotatable bonds is 3. The summed E-state index contributed by atoms with van der Waals surface area (Å²) < 4.78 is 2.31. The van der Waals surface area contributed by atoms with Crippen LogP contribution in [0.5, 0.6) is 0 Å². The highest BCUT2D eigenvalue weighted by atomic mass is 79.9. The number of anilines is 1. The zero-order valence-corrected chi connectivity index (χ0v) is 13.4. The first kappa shape index (κ1) is 14.9. The van der Waals surface area contributed by atoms with Crippen LogP contribution in [0.2, 0.25) is 0 Å². The second kappa shape index (κ2) is 6.81. The maximum Gasteiger partial charge on any atom is 0.332 e. The van der Waals surface area contributed by atoms with Crippen LogP contribution in [-0.4, -0.2) is 6.03 Å². The van der Waals surface area contributed by atoms with Crippen LogP contribution < -0.4 is 9.62 Å². The summed E-state index contributed by atoms with van der Waals surface area (Å²) in [5.74, 6) is 0. The highest BCUT2D eigenvalue weighted by molar-refractivity contribution is 9.10. The van der Waals surface area contributed by atoms with Crippen molar-refractivity contribution in [2.75, 3.05) is 4.31 Å². The van der Waals surface area contributed by atoms with Gasteiger partial charge in [-0.2, -0.15) is 0 Å². The van der Waals surface area contributed by atoms with Crippen LogP contribution in [0.25, 0.3) is 0 Å². The normalized spacial score (nSPS) is 11.8. The van der Waals surface area contributed by atoms with Crippen molar-refractivity contribution in [2.24, 2.45) is 0 Å². The van der Waals surface area contributed by atoms with Gasteiger partial charge in [-0.1, -0.05) is 59.1 Å². The number of hydrogen-bond acceptors (Lipinski definition) is 2. The number of para-hydroxylation sites is 1. The Balaban J connectivity index is 2.02. The first-order valence-electron chi connectivity index (χ1n) is 6.18. The molecule has 0 aromatic heterocycles. The highest BCUT2D eigenvalue weighted by Gasteiger charge is 2.15. The second-order valence-electron chi connectivity index (χ2n) is 4.37. The standard InChI is InChI=1S/C15H15BrN2OS/c1-11(12-7-9-13(16)10-8-12)17-15(19)18(20)14-5-3-2-4-6-14/h2-11,20H,1H3,(H,17,19). The van der Waals surface area contributed by atoms with E-state index in [0.717, 1.165) is 15.7 Å². The van der Waals surface area contributed by atoms with E-state index in [-0.39, 0.29) is 12.1 Å². The lowest BCUT2D eigenvalue weighted by atomic mass is 10.1. The van der Waals surface area contributed by atoms with E-state index in [1.54, 1.807) is 0 Å². The summed E-state index contributed by atoms with van der Waals surface area (Å²) in [7, 11) is 0. The van der Waals surface area contributed by atoms with E-state index in [1.807, 2.05) is 61.5 Å². The molecule has 20 heavy (non-hydrogen) atoms. The number of thiol groups is 1. The van der Waals surface area contributed by atoms with Gasteiger partial charge in [-0.3, -0.25) is 0 Å². The molecule has 3 nitrogen and oxygen atoms in total. The van der Waals surface area contributed by atoms with E-state index < -0.39 is 0 Å². The van der Waals surface area contributed by atoms with Crippen molar-refractivity contribution in [3.05, 3.63) is 64.6 Å². The number of carbonyl (C=O) groups is 1. The predicted molar refractivity (Wildman–Crippen MR) is 89.0 cm³/mol. The second-order valence-corrected chi connectivity index (χ2v) is 5.69. The molecule has 2 rings (SSSR count). The quantitative estimate of drug-likeness (QED) is 0.780. The molecule has 0 aliphatic carbocycles. The van der Waals surface area contributed by atoms with E-state index in [0.29, 0.717) is 0 Å². The molecule has 0 saturated heterocycles. The van der Waals surface area contributed by atoms with Crippen molar-refractivity contribution in [3.63, 3.8) is 0 Å². The molecule has 1 unspecified atom stereocenters. The molecule has 0 aliphatic rings. The van der Waals surface area contributed by atoms with E-state index in [4.69, 9.17) is 0 Å². The summed E-state index contributed by atoms with van der Waals surface area (Å²) in [6.07, 6.45) is 0. The smallest absolute Gasteiger partial charge is 0.330 e. The molecule has 0 radical (unpaired) electrons. The van der Waals surface area contributed by atoms with Gasteiger partial charge < -0.3 is 5.32 Å². The van der Waals surface area contributed by atoms with Crippen molar-refractivity contribution in [2.45, 2.75) is 13.0 Å². The van der Waals surface area contributed by atoms with Gasteiger partial charge >= 0.3 is 6.03 Å². The van der Waals surface area contributed by atoms with Crippen LogP contribution in [0.15, 0.2) is 59.1 Å². The lowest BCUT2D eigenvalue weighted by molar-refractivity contribution is 0.247. The third-order valence-electron chi connectivity index (χ3n) is 2.90. The number of hydrogen-bond donors (Lipinski definition) is 2. The Hall–Kier alpha value is -1.46. The molecule has 0 aliphatic heterocycles. The first-order chi connectivity index (χ1) is 9.58. The van der Waals surface area contributed by atoms with Gasteiger partial charge in [0.1, 0.15) is 0 Å². The van der Waals surface area contributed by atoms with Gasteiger partial charge in [-0.25, -0.2) is 9.10 Å². The zero-order chi connectivity index (χ0) is 14.5. The molecule has 2 aromatic carbocycles. The van der Waals surface area contributed by atoms with Crippen molar-refractivity contribution < 1.29 is 4.79 Å². The molecule has 1 N–H and O–H groups in total. The van der Waals surface area contributed by atoms with Crippen LogP contribution in [0, 0.1) is 0 Å². The number of urea groups is 1.